The molecule has 1 aromatic carbocycles. The number of aromatic nitrogens is 1. The highest BCUT2D eigenvalue weighted by Crippen LogP contribution is 2.34. The Morgan fingerprint density at radius 1 is 1.18 bits per heavy atom. The molecule has 1 fully saturated rings. The minimum Gasteiger partial charge on any atom is -0.484 e. The molecule has 148 valence electrons. The van der Waals surface area contributed by atoms with Crippen molar-refractivity contribution in [3.8, 4) is 11.6 Å². The standard InChI is InChI=1S/C22H27N3O3/c23-21(26)8-5-16-9-12-25(13-10-16)14-17-3-6-18(7-4-17)20-15-27-19-2-1-11-24-22(19)28-20/h1-4,6-7,11,16,20H,5,8-10,12-15H2,(H2,23,26)/t20-/m1/s1. The Labute approximate surface area is 165 Å². The molecule has 2 aromatic rings. The zero-order valence-electron chi connectivity index (χ0n) is 16.0. The highest BCUT2D eigenvalue weighted by atomic mass is 16.6. The third-order valence-corrected chi connectivity index (χ3v) is 5.64. The Hall–Kier alpha value is -2.60. The molecule has 4 rings (SSSR count). The van der Waals surface area contributed by atoms with Crippen LogP contribution in [0.3, 0.4) is 0 Å². The number of amides is 1. The number of hydrogen-bond acceptors (Lipinski definition) is 5. The molecular formula is C22H27N3O3. The summed E-state index contributed by atoms with van der Waals surface area (Å²) in [6.07, 6.45) is 5.32. The first-order valence-electron chi connectivity index (χ1n) is 10.0. The van der Waals surface area contributed by atoms with Gasteiger partial charge >= 0.3 is 0 Å². The van der Waals surface area contributed by atoms with E-state index in [1.54, 1.807) is 6.20 Å². The number of primary amides is 1. The van der Waals surface area contributed by atoms with Crippen LogP contribution >= 0.6 is 0 Å². The normalized spacial score (nSPS) is 20.1. The lowest BCUT2D eigenvalue weighted by atomic mass is 9.92. The van der Waals surface area contributed by atoms with Crippen LogP contribution in [-0.4, -0.2) is 35.5 Å². The van der Waals surface area contributed by atoms with E-state index in [4.69, 9.17) is 15.2 Å². The van der Waals surface area contributed by atoms with E-state index in [0.717, 1.165) is 44.5 Å². The summed E-state index contributed by atoms with van der Waals surface area (Å²) in [5.74, 6) is 1.71. The molecule has 28 heavy (non-hydrogen) atoms. The van der Waals surface area contributed by atoms with Crippen LogP contribution in [0, 0.1) is 5.92 Å². The molecule has 2 aliphatic rings. The number of hydrogen-bond donors (Lipinski definition) is 1. The van der Waals surface area contributed by atoms with Gasteiger partial charge in [-0.3, -0.25) is 9.69 Å². The average Bonchev–Trinajstić information content (AvgIpc) is 2.73. The predicted octanol–water partition coefficient (Wildman–Crippen LogP) is 3.07. The molecule has 3 heterocycles. The Kier molecular flexibility index (Phi) is 5.76. The molecule has 1 atom stereocenters. The number of carbonyl (C=O) groups excluding carboxylic acids is 1. The maximum Gasteiger partial charge on any atom is 0.257 e. The minimum absolute atomic E-state index is 0.127. The van der Waals surface area contributed by atoms with E-state index >= 15 is 0 Å². The summed E-state index contributed by atoms with van der Waals surface area (Å²) in [4.78, 5) is 17.7. The van der Waals surface area contributed by atoms with Crippen LogP contribution in [0.2, 0.25) is 0 Å². The molecular weight excluding hydrogens is 354 g/mol. The van der Waals surface area contributed by atoms with E-state index in [2.05, 4.69) is 34.1 Å². The van der Waals surface area contributed by atoms with Gasteiger partial charge in [0.05, 0.1) is 0 Å². The van der Waals surface area contributed by atoms with E-state index in [-0.39, 0.29) is 12.0 Å². The second kappa shape index (κ2) is 8.61. The lowest BCUT2D eigenvalue weighted by molar-refractivity contribution is -0.118. The molecule has 1 amide bonds. The number of ether oxygens (including phenoxy) is 2. The Morgan fingerprint density at radius 2 is 1.96 bits per heavy atom. The van der Waals surface area contributed by atoms with E-state index < -0.39 is 0 Å². The highest BCUT2D eigenvalue weighted by molar-refractivity contribution is 5.73. The van der Waals surface area contributed by atoms with Crippen molar-refractivity contribution < 1.29 is 14.3 Å². The van der Waals surface area contributed by atoms with Crippen LogP contribution in [0.25, 0.3) is 0 Å². The van der Waals surface area contributed by atoms with Crippen LogP contribution in [0.15, 0.2) is 42.6 Å². The summed E-state index contributed by atoms with van der Waals surface area (Å²) < 4.78 is 11.7. The van der Waals surface area contributed by atoms with Crippen LogP contribution in [0.4, 0.5) is 0 Å². The lowest BCUT2D eigenvalue weighted by Crippen LogP contribution is -2.33. The van der Waals surface area contributed by atoms with E-state index in [9.17, 15) is 4.79 Å². The van der Waals surface area contributed by atoms with Gasteiger partial charge in [0.1, 0.15) is 6.61 Å². The van der Waals surface area contributed by atoms with Gasteiger partial charge in [0.15, 0.2) is 11.9 Å². The van der Waals surface area contributed by atoms with E-state index in [0.29, 0.717) is 30.6 Å². The van der Waals surface area contributed by atoms with E-state index in [1.807, 2.05) is 12.1 Å². The van der Waals surface area contributed by atoms with Gasteiger partial charge in [-0.05, 0) is 61.5 Å². The van der Waals surface area contributed by atoms with Gasteiger partial charge in [-0.1, -0.05) is 24.3 Å². The Bertz CT molecular complexity index is 801. The number of fused-ring (bicyclic) bond motifs is 1. The van der Waals surface area contributed by atoms with Crippen molar-refractivity contribution >= 4 is 5.91 Å². The van der Waals surface area contributed by atoms with Gasteiger partial charge in [0.2, 0.25) is 5.91 Å². The molecule has 1 aromatic heterocycles. The van der Waals surface area contributed by atoms with E-state index in [1.165, 1.54) is 5.56 Å². The zero-order chi connectivity index (χ0) is 19.3. The number of carbonyl (C=O) groups is 1. The fraction of sp³-hybridized carbons (Fsp3) is 0.455. The number of nitrogens with zero attached hydrogens (tertiary/aromatic N) is 2. The number of pyridine rings is 1. The van der Waals surface area contributed by atoms with Crippen molar-refractivity contribution in [2.75, 3.05) is 19.7 Å². The van der Waals surface area contributed by atoms with Crippen LogP contribution < -0.4 is 15.2 Å². The third kappa shape index (κ3) is 4.62. The summed E-state index contributed by atoms with van der Waals surface area (Å²) >= 11 is 0. The first-order chi connectivity index (χ1) is 13.7. The number of likely N-dealkylation sites (tertiary alicyclic amines) is 1. The van der Waals surface area contributed by atoms with Gasteiger partial charge in [-0.15, -0.1) is 0 Å². The molecule has 6 nitrogen and oxygen atoms in total. The molecule has 6 heteroatoms. The summed E-state index contributed by atoms with van der Waals surface area (Å²) in [5, 5.41) is 0. The van der Waals surface area contributed by atoms with Crippen LogP contribution in [-0.2, 0) is 11.3 Å². The summed E-state index contributed by atoms with van der Waals surface area (Å²) in [7, 11) is 0. The number of piperidine rings is 1. The highest BCUT2D eigenvalue weighted by Gasteiger charge is 2.24. The molecule has 0 radical (unpaired) electrons. The lowest BCUT2D eigenvalue weighted by Gasteiger charge is -2.32. The molecule has 2 aliphatic heterocycles. The monoisotopic (exact) mass is 381 g/mol. The largest absolute Gasteiger partial charge is 0.484 e. The van der Waals surface area contributed by atoms with Gasteiger partial charge in [-0.2, -0.15) is 0 Å². The maximum atomic E-state index is 10.9. The van der Waals surface area contributed by atoms with Crippen molar-refractivity contribution in [2.45, 2.75) is 38.3 Å². The third-order valence-electron chi connectivity index (χ3n) is 5.64. The molecule has 0 spiro atoms. The molecule has 2 N–H and O–H groups in total. The van der Waals surface area contributed by atoms with Crippen molar-refractivity contribution in [1.29, 1.82) is 0 Å². The molecule has 0 unspecified atom stereocenters. The molecule has 1 saturated heterocycles. The Balaban J connectivity index is 1.28. The second-order valence-electron chi connectivity index (χ2n) is 7.69. The zero-order valence-corrected chi connectivity index (χ0v) is 16.0. The van der Waals surface area contributed by atoms with Gasteiger partial charge in [-0.25, -0.2) is 4.98 Å². The maximum absolute atomic E-state index is 10.9. The van der Waals surface area contributed by atoms with Gasteiger partial charge in [0, 0.05) is 19.2 Å². The quantitative estimate of drug-likeness (QED) is 0.832. The topological polar surface area (TPSA) is 77.7 Å². The number of rotatable bonds is 6. The first kappa shape index (κ1) is 18.7. The van der Waals surface area contributed by atoms with Crippen molar-refractivity contribution in [3.63, 3.8) is 0 Å². The van der Waals surface area contributed by atoms with Gasteiger partial charge in [0.25, 0.3) is 5.88 Å². The minimum atomic E-state index is -0.186. The van der Waals surface area contributed by atoms with Gasteiger partial charge < -0.3 is 15.2 Å². The summed E-state index contributed by atoms with van der Waals surface area (Å²) in [6.45, 7) is 3.60. The predicted molar refractivity (Wildman–Crippen MR) is 106 cm³/mol. The van der Waals surface area contributed by atoms with Crippen molar-refractivity contribution in [2.24, 2.45) is 11.7 Å². The number of benzene rings is 1. The van der Waals surface area contributed by atoms with Crippen LogP contribution in [0.1, 0.15) is 42.9 Å². The summed E-state index contributed by atoms with van der Waals surface area (Å²) in [5.41, 5.74) is 7.66. The summed E-state index contributed by atoms with van der Waals surface area (Å²) in [6, 6.07) is 12.3. The molecule has 0 bridgehead atoms. The average molecular weight is 381 g/mol. The fourth-order valence-corrected chi connectivity index (χ4v) is 3.95. The number of nitrogens with two attached hydrogens (primary N) is 1. The van der Waals surface area contributed by atoms with Crippen molar-refractivity contribution in [1.82, 2.24) is 9.88 Å². The van der Waals surface area contributed by atoms with Crippen LogP contribution in [0.5, 0.6) is 11.6 Å². The second-order valence-corrected chi connectivity index (χ2v) is 7.69. The first-order valence-corrected chi connectivity index (χ1v) is 10.0. The fourth-order valence-electron chi connectivity index (χ4n) is 3.95. The van der Waals surface area contributed by atoms with Crippen molar-refractivity contribution in [3.05, 3.63) is 53.7 Å². The molecule has 0 aliphatic carbocycles. The SMILES string of the molecule is NC(=O)CCC1CCN(Cc2ccc([C@H]3COc4cccnc4O3)cc2)CC1. The molecule has 0 saturated carbocycles. The smallest absolute Gasteiger partial charge is 0.257 e. The Morgan fingerprint density at radius 3 is 2.71 bits per heavy atom.